The van der Waals surface area contributed by atoms with E-state index in [9.17, 15) is 0 Å². The topological polar surface area (TPSA) is 47.7 Å². The normalized spacial score (nSPS) is 25.4. The van der Waals surface area contributed by atoms with Crippen LogP contribution in [0.25, 0.3) is 0 Å². The molecule has 0 spiro atoms. The van der Waals surface area contributed by atoms with Gasteiger partial charge in [0.05, 0.1) is 24.9 Å². The predicted molar refractivity (Wildman–Crippen MR) is 81.0 cm³/mol. The molecule has 1 saturated heterocycles. The highest BCUT2D eigenvalue weighted by molar-refractivity contribution is 5.36. The molecule has 1 heterocycles. The molecule has 4 heteroatoms. The average Bonchev–Trinajstić information content (AvgIpc) is 2.41. The minimum atomic E-state index is 0.187. The molecule has 1 fully saturated rings. The van der Waals surface area contributed by atoms with Crippen LogP contribution in [0.1, 0.15) is 32.4 Å². The largest absolute Gasteiger partial charge is 0.494 e. The van der Waals surface area contributed by atoms with Crippen LogP contribution in [0.2, 0.25) is 0 Å². The van der Waals surface area contributed by atoms with Crippen molar-refractivity contribution >= 4 is 0 Å². The standard InChI is InChI=1S/C16H26N2O2/c1-4-19-16-8-6-5-7-14(16)15(9-17)18-10-12(2)20-13(3)11-18/h5-8,12-13,15H,4,9-11,17H2,1-3H3/t12-,13-,15-/m1/s1. The SMILES string of the molecule is CCOc1ccccc1[C@@H](CN)N1C[C@@H](C)O[C@H](C)C1. The fourth-order valence-corrected chi connectivity index (χ4v) is 2.99. The summed E-state index contributed by atoms with van der Waals surface area (Å²) in [5, 5.41) is 0. The van der Waals surface area contributed by atoms with Crippen molar-refractivity contribution < 1.29 is 9.47 Å². The number of morpholine rings is 1. The van der Waals surface area contributed by atoms with Crippen molar-refractivity contribution in [3.05, 3.63) is 29.8 Å². The maximum atomic E-state index is 6.05. The number of hydrogen-bond acceptors (Lipinski definition) is 4. The Morgan fingerprint density at radius 1 is 1.30 bits per heavy atom. The second-order valence-corrected chi connectivity index (χ2v) is 5.43. The van der Waals surface area contributed by atoms with Gasteiger partial charge >= 0.3 is 0 Å². The zero-order valence-corrected chi connectivity index (χ0v) is 12.7. The van der Waals surface area contributed by atoms with Gasteiger partial charge in [0, 0.05) is 25.2 Å². The molecule has 0 aromatic heterocycles. The molecule has 0 radical (unpaired) electrons. The van der Waals surface area contributed by atoms with Gasteiger partial charge in [0.15, 0.2) is 0 Å². The fourth-order valence-electron chi connectivity index (χ4n) is 2.99. The van der Waals surface area contributed by atoms with Crippen LogP contribution in [0.5, 0.6) is 5.75 Å². The molecule has 4 nitrogen and oxygen atoms in total. The maximum absolute atomic E-state index is 6.05. The molecule has 20 heavy (non-hydrogen) atoms. The van der Waals surface area contributed by atoms with Gasteiger partial charge in [0.25, 0.3) is 0 Å². The molecule has 1 aliphatic heterocycles. The summed E-state index contributed by atoms with van der Waals surface area (Å²) in [7, 11) is 0. The van der Waals surface area contributed by atoms with Gasteiger partial charge in [0.1, 0.15) is 5.75 Å². The van der Waals surface area contributed by atoms with Crippen LogP contribution >= 0.6 is 0 Å². The summed E-state index contributed by atoms with van der Waals surface area (Å²) in [5.74, 6) is 0.942. The first-order chi connectivity index (χ1) is 9.65. The van der Waals surface area contributed by atoms with Gasteiger partial charge in [0.2, 0.25) is 0 Å². The molecule has 0 saturated carbocycles. The fraction of sp³-hybridized carbons (Fsp3) is 0.625. The molecule has 0 bridgehead atoms. The smallest absolute Gasteiger partial charge is 0.124 e. The third kappa shape index (κ3) is 3.51. The van der Waals surface area contributed by atoms with Crippen molar-refractivity contribution in [2.24, 2.45) is 5.73 Å². The number of para-hydroxylation sites is 1. The zero-order valence-electron chi connectivity index (χ0n) is 12.7. The van der Waals surface area contributed by atoms with Gasteiger partial charge in [-0.15, -0.1) is 0 Å². The Hall–Kier alpha value is -1.10. The third-order valence-electron chi connectivity index (χ3n) is 3.69. The molecule has 0 amide bonds. The Kier molecular flexibility index (Phi) is 5.40. The molecular weight excluding hydrogens is 252 g/mol. The van der Waals surface area contributed by atoms with Gasteiger partial charge in [-0.2, -0.15) is 0 Å². The molecule has 0 unspecified atom stereocenters. The number of benzene rings is 1. The lowest BCUT2D eigenvalue weighted by Crippen LogP contribution is -2.48. The minimum absolute atomic E-state index is 0.187. The van der Waals surface area contributed by atoms with Gasteiger partial charge < -0.3 is 15.2 Å². The van der Waals surface area contributed by atoms with Crippen LogP contribution in [-0.4, -0.2) is 43.3 Å². The predicted octanol–water partition coefficient (Wildman–Crippen LogP) is 2.19. The van der Waals surface area contributed by atoms with Crippen LogP contribution in [0.4, 0.5) is 0 Å². The number of ether oxygens (including phenoxy) is 2. The van der Waals surface area contributed by atoms with Gasteiger partial charge in [-0.1, -0.05) is 18.2 Å². The highest BCUT2D eigenvalue weighted by Gasteiger charge is 2.29. The lowest BCUT2D eigenvalue weighted by atomic mass is 10.0. The van der Waals surface area contributed by atoms with Crippen molar-refractivity contribution in [1.82, 2.24) is 4.90 Å². The van der Waals surface area contributed by atoms with Gasteiger partial charge in [-0.25, -0.2) is 0 Å². The molecule has 1 aliphatic rings. The molecule has 1 aromatic rings. The van der Waals surface area contributed by atoms with Crippen LogP contribution in [-0.2, 0) is 4.74 Å². The highest BCUT2D eigenvalue weighted by Crippen LogP contribution is 2.30. The Balaban J connectivity index is 2.23. The maximum Gasteiger partial charge on any atom is 0.124 e. The lowest BCUT2D eigenvalue weighted by molar-refractivity contribution is -0.0801. The molecule has 112 valence electrons. The van der Waals surface area contributed by atoms with Crippen molar-refractivity contribution in [2.45, 2.75) is 39.0 Å². The number of rotatable bonds is 5. The molecule has 0 aliphatic carbocycles. The third-order valence-corrected chi connectivity index (χ3v) is 3.69. The van der Waals surface area contributed by atoms with E-state index in [1.54, 1.807) is 0 Å². The first-order valence-corrected chi connectivity index (χ1v) is 7.47. The molecule has 2 rings (SSSR count). The molecular formula is C16H26N2O2. The summed E-state index contributed by atoms with van der Waals surface area (Å²) in [5.41, 5.74) is 7.23. The summed E-state index contributed by atoms with van der Waals surface area (Å²) < 4.78 is 11.6. The van der Waals surface area contributed by atoms with E-state index < -0.39 is 0 Å². The van der Waals surface area contributed by atoms with E-state index in [4.69, 9.17) is 15.2 Å². The average molecular weight is 278 g/mol. The van der Waals surface area contributed by atoms with E-state index in [0.29, 0.717) is 13.2 Å². The lowest BCUT2D eigenvalue weighted by Gasteiger charge is -2.40. The van der Waals surface area contributed by atoms with E-state index in [1.165, 1.54) is 5.56 Å². The molecule has 1 aromatic carbocycles. The van der Waals surface area contributed by atoms with Crippen molar-refractivity contribution in [3.8, 4) is 5.75 Å². The Morgan fingerprint density at radius 3 is 2.55 bits per heavy atom. The first kappa shape index (κ1) is 15.3. The Labute approximate surface area is 121 Å². The summed E-state index contributed by atoms with van der Waals surface area (Å²) >= 11 is 0. The number of hydrogen-bond donors (Lipinski definition) is 1. The monoisotopic (exact) mass is 278 g/mol. The van der Waals surface area contributed by atoms with Gasteiger partial charge in [-0.05, 0) is 26.8 Å². The van der Waals surface area contributed by atoms with Crippen molar-refractivity contribution in [1.29, 1.82) is 0 Å². The second-order valence-electron chi connectivity index (χ2n) is 5.43. The van der Waals surface area contributed by atoms with Crippen LogP contribution < -0.4 is 10.5 Å². The van der Waals surface area contributed by atoms with E-state index >= 15 is 0 Å². The van der Waals surface area contributed by atoms with E-state index in [0.717, 1.165) is 18.8 Å². The summed E-state index contributed by atoms with van der Waals surface area (Å²) in [6.45, 7) is 9.32. The van der Waals surface area contributed by atoms with Crippen LogP contribution in [0.15, 0.2) is 24.3 Å². The minimum Gasteiger partial charge on any atom is -0.494 e. The van der Waals surface area contributed by atoms with Crippen molar-refractivity contribution in [3.63, 3.8) is 0 Å². The second kappa shape index (κ2) is 7.07. The van der Waals surface area contributed by atoms with Crippen molar-refractivity contribution in [2.75, 3.05) is 26.2 Å². The summed E-state index contributed by atoms with van der Waals surface area (Å²) in [6.07, 6.45) is 0.485. The van der Waals surface area contributed by atoms with Crippen LogP contribution in [0, 0.1) is 0 Å². The quantitative estimate of drug-likeness (QED) is 0.897. The highest BCUT2D eigenvalue weighted by atomic mass is 16.5. The van der Waals surface area contributed by atoms with Gasteiger partial charge in [-0.3, -0.25) is 4.90 Å². The number of nitrogens with two attached hydrogens (primary N) is 1. The van der Waals surface area contributed by atoms with E-state index in [2.05, 4.69) is 24.8 Å². The summed E-state index contributed by atoms with van der Waals surface area (Å²) in [6, 6.07) is 8.38. The first-order valence-electron chi connectivity index (χ1n) is 7.47. The number of nitrogens with zero attached hydrogens (tertiary/aromatic N) is 1. The molecule has 3 atom stereocenters. The Morgan fingerprint density at radius 2 is 1.95 bits per heavy atom. The van der Waals surface area contributed by atoms with E-state index in [1.807, 2.05) is 25.1 Å². The zero-order chi connectivity index (χ0) is 14.5. The summed E-state index contributed by atoms with van der Waals surface area (Å²) in [4.78, 5) is 2.41. The molecule has 2 N–H and O–H groups in total. The Bertz CT molecular complexity index is 415. The van der Waals surface area contributed by atoms with Crippen LogP contribution in [0.3, 0.4) is 0 Å². The van der Waals surface area contributed by atoms with E-state index in [-0.39, 0.29) is 18.2 Å².